The Kier molecular flexibility index (Phi) is 8.14. The monoisotopic (exact) mass is 432 g/mol. The topological polar surface area (TPSA) is 49.4 Å². The molecule has 0 unspecified atom stereocenters. The fourth-order valence-electron chi connectivity index (χ4n) is 3.61. The van der Waals surface area contributed by atoms with Crippen LogP contribution in [0.2, 0.25) is 0 Å². The molecule has 0 aliphatic carbocycles. The molecule has 0 aliphatic rings. The summed E-state index contributed by atoms with van der Waals surface area (Å²) in [6.45, 7) is 4.67. The van der Waals surface area contributed by atoms with Crippen molar-refractivity contribution in [2.24, 2.45) is 0 Å². The minimum Gasteiger partial charge on any atom is -0.355 e. The van der Waals surface area contributed by atoms with Crippen molar-refractivity contribution in [3.63, 3.8) is 0 Å². The third-order valence-corrected chi connectivity index (χ3v) is 5.36. The maximum atomic E-state index is 13.5. The molecule has 3 aromatic carbocycles. The summed E-state index contributed by atoms with van der Waals surface area (Å²) in [5.74, 6) is -0.706. The first-order valence-electron chi connectivity index (χ1n) is 10.9. The van der Waals surface area contributed by atoms with E-state index in [0.717, 1.165) is 16.7 Å². The van der Waals surface area contributed by atoms with Crippen molar-refractivity contribution >= 4 is 11.8 Å². The Labute approximate surface area is 189 Å². The molecule has 3 aromatic rings. The van der Waals surface area contributed by atoms with E-state index < -0.39 is 6.04 Å². The van der Waals surface area contributed by atoms with Crippen LogP contribution >= 0.6 is 0 Å². The molecule has 1 atom stereocenters. The van der Waals surface area contributed by atoms with Crippen LogP contribution in [0.4, 0.5) is 4.39 Å². The lowest BCUT2D eigenvalue weighted by Crippen LogP contribution is -2.50. The number of hydrogen-bond acceptors (Lipinski definition) is 2. The van der Waals surface area contributed by atoms with Gasteiger partial charge in [0.2, 0.25) is 11.8 Å². The number of rotatable bonds is 9. The van der Waals surface area contributed by atoms with Crippen LogP contribution in [0.5, 0.6) is 0 Å². The van der Waals surface area contributed by atoms with Gasteiger partial charge >= 0.3 is 0 Å². The number of likely N-dealkylation sites (N-methyl/N-ethyl adjacent to an activating group) is 1. The van der Waals surface area contributed by atoms with Gasteiger partial charge in [-0.15, -0.1) is 0 Å². The van der Waals surface area contributed by atoms with E-state index >= 15 is 0 Å². The van der Waals surface area contributed by atoms with E-state index in [1.165, 1.54) is 12.1 Å². The van der Waals surface area contributed by atoms with Crippen molar-refractivity contribution in [3.05, 3.63) is 107 Å². The molecule has 1 N–H and O–H groups in total. The number of benzene rings is 3. The van der Waals surface area contributed by atoms with Gasteiger partial charge in [0.25, 0.3) is 0 Å². The zero-order valence-electron chi connectivity index (χ0n) is 18.6. The summed E-state index contributed by atoms with van der Waals surface area (Å²) in [5.41, 5.74) is 3.76. The highest BCUT2D eigenvalue weighted by Gasteiger charge is 2.30. The lowest BCUT2D eigenvalue weighted by molar-refractivity contribution is -0.140. The molecule has 0 spiro atoms. The number of hydrogen-bond donors (Lipinski definition) is 1. The van der Waals surface area contributed by atoms with Gasteiger partial charge in [0, 0.05) is 19.5 Å². The zero-order valence-corrected chi connectivity index (χ0v) is 18.6. The van der Waals surface area contributed by atoms with Crippen molar-refractivity contribution in [3.8, 4) is 0 Å². The lowest BCUT2D eigenvalue weighted by atomic mass is 10.0. The SMILES string of the molecule is CCNC(=O)[C@@H](Cc1ccccc1)N(Cc1ccc(C)cc1)C(=O)Cc1ccc(F)cc1. The number of amides is 2. The molecule has 0 aliphatic heterocycles. The van der Waals surface area contributed by atoms with E-state index in [1.807, 2.05) is 68.4 Å². The Bertz CT molecular complexity index is 1020. The van der Waals surface area contributed by atoms with Crippen LogP contribution in [0.25, 0.3) is 0 Å². The van der Waals surface area contributed by atoms with Crippen molar-refractivity contribution in [1.82, 2.24) is 10.2 Å². The molecule has 0 saturated heterocycles. The summed E-state index contributed by atoms with van der Waals surface area (Å²) >= 11 is 0. The zero-order chi connectivity index (χ0) is 22.9. The summed E-state index contributed by atoms with van der Waals surface area (Å²) < 4.78 is 13.3. The van der Waals surface area contributed by atoms with Crippen molar-refractivity contribution in [1.29, 1.82) is 0 Å². The normalized spacial score (nSPS) is 11.6. The first-order valence-corrected chi connectivity index (χ1v) is 10.9. The molecule has 3 rings (SSSR count). The highest BCUT2D eigenvalue weighted by atomic mass is 19.1. The molecule has 166 valence electrons. The fourth-order valence-corrected chi connectivity index (χ4v) is 3.61. The van der Waals surface area contributed by atoms with Gasteiger partial charge in [-0.1, -0.05) is 72.3 Å². The quantitative estimate of drug-likeness (QED) is 0.543. The molecule has 0 heterocycles. The highest BCUT2D eigenvalue weighted by molar-refractivity contribution is 5.88. The molecular formula is C27H29FN2O2. The van der Waals surface area contributed by atoms with Gasteiger partial charge in [0.15, 0.2) is 0 Å². The molecule has 32 heavy (non-hydrogen) atoms. The van der Waals surface area contributed by atoms with E-state index in [4.69, 9.17) is 0 Å². The Morgan fingerprint density at radius 1 is 0.875 bits per heavy atom. The summed E-state index contributed by atoms with van der Waals surface area (Å²) in [4.78, 5) is 28.2. The molecule has 0 fully saturated rings. The summed E-state index contributed by atoms with van der Waals surface area (Å²) in [6.07, 6.45) is 0.504. The number of nitrogens with zero attached hydrogens (tertiary/aromatic N) is 1. The van der Waals surface area contributed by atoms with Gasteiger partial charge in [0.1, 0.15) is 11.9 Å². The van der Waals surface area contributed by atoms with E-state index in [2.05, 4.69) is 5.32 Å². The average Bonchev–Trinajstić information content (AvgIpc) is 2.79. The second-order valence-electron chi connectivity index (χ2n) is 7.91. The Balaban J connectivity index is 1.93. The summed E-state index contributed by atoms with van der Waals surface area (Å²) in [5, 5.41) is 2.89. The minimum atomic E-state index is -0.661. The van der Waals surface area contributed by atoms with Gasteiger partial charge in [-0.25, -0.2) is 4.39 Å². The van der Waals surface area contributed by atoms with Gasteiger partial charge in [-0.3, -0.25) is 9.59 Å². The molecule has 2 amide bonds. The van der Waals surface area contributed by atoms with Gasteiger partial charge in [0.05, 0.1) is 6.42 Å². The molecule has 0 radical (unpaired) electrons. The van der Waals surface area contributed by atoms with E-state index in [0.29, 0.717) is 25.1 Å². The lowest BCUT2D eigenvalue weighted by Gasteiger charge is -2.31. The van der Waals surface area contributed by atoms with Crippen LogP contribution < -0.4 is 5.32 Å². The minimum absolute atomic E-state index is 0.0941. The second-order valence-corrected chi connectivity index (χ2v) is 7.91. The maximum Gasteiger partial charge on any atom is 0.243 e. The number of carbonyl (C=O) groups is 2. The third kappa shape index (κ3) is 6.51. The standard InChI is InChI=1S/C27H29FN2O2/c1-3-29-27(32)25(17-21-7-5-4-6-8-21)30(19-23-11-9-20(2)10-12-23)26(31)18-22-13-15-24(28)16-14-22/h4-16,25H,3,17-19H2,1-2H3,(H,29,32)/t25-/m1/s1. The number of carbonyl (C=O) groups excluding carboxylic acids is 2. The second kappa shape index (κ2) is 11.2. The van der Waals surface area contributed by atoms with Gasteiger partial charge in [-0.05, 0) is 42.7 Å². The highest BCUT2D eigenvalue weighted by Crippen LogP contribution is 2.17. The van der Waals surface area contributed by atoms with Crippen molar-refractivity contribution in [2.75, 3.05) is 6.54 Å². The van der Waals surface area contributed by atoms with Gasteiger partial charge < -0.3 is 10.2 Å². The third-order valence-electron chi connectivity index (χ3n) is 5.36. The predicted octanol–water partition coefficient (Wildman–Crippen LogP) is 4.45. The van der Waals surface area contributed by atoms with Gasteiger partial charge in [-0.2, -0.15) is 0 Å². The smallest absolute Gasteiger partial charge is 0.243 e. The summed E-state index contributed by atoms with van der Waals surface area (Å²) in [7, 11) is 0. The Morgan fingerprint density at radius 2 is 1.50 bits per heavy atom. The van der Waals surface area contributed by atoms with Crippen molar-refractivity contribution < 1.29 is 14.0 Å². The first-order chi connectivity index (χ1) is 15.5. The Hall–Kier alpha value is -3.47. The van der Waals surface area contributed by atoms with Crippen LogP contribution in [0, 0.1) is 12.7 Å². The van der Waals surface area contributed by atoms with Crippen LogP contribution in [0.15, 0.2) is 78.9 Å². The first kappa shape index (κ1) is 23.2. The Morgan fingerprint density at radius 3 is 2.12 bits per heavy atom. The number of aryl methyl sites for hydroxylation is 1. The van der Waals surface area contributed by atoms with E-state index in [1.54, 1.807) is 17.0 Å². The molecule has 0 bridgehead atoms. The fraction of sp³-hybridized carbons (Fsp3) is 0.259. The summed E-state index contributed by atoms with van der Waals surface area (Å²) in [6, 6.07) is 22.9. The molecule has 4 nitrogen and oxygen atoms in total. The van der Waals surface area contributed by atoms with Crippen LogP contribution in [0.3, 0.4) is 0 Å². The molecule has 0 saturated carbocycles. The van der Waals surface area contributed by atoms with Crippen molar-refractivity contribution in [2.45, 2.75) is 39.3 Å². The molecule has 5 heteroatoms. The van der Waals surface area contributed by atoms with E-state index in [9.17, 15) is 14.0 Å². The largest absolute Gasteiger partial charge is 0.355 e. The number of halogens is 1. The van der Waals surface area contributed by atoms with Crippen LogP contribution in [0.1, 0.15) is 29.2 Å². The molecule has 0 aromatic heterocycles. The molecular weight excluding hydrogens is 403 g/mol. The van der Waals surface area contributed by atoms with E-state index in [-0.39, 0.29) is 24.1 Å². The maximum absolute atomic E-state index is 13.5. The predicted molar refractivity (Wildman–Crippen MR) is 124 cm³/mol. The van der Waals surface area contributed by atoms with Crippen LogP contribution in [-0.4, -0.2) is 29.3 Å². The number of nitrogens with one attached hydrogen (secondary N) is 1. The van der Waals surface area contributed by atoms with Crippen LogP contribution in [-0.2, 0) is 29.0 Å². The average molecular weight is 433 g/mol.